The minimum absolute atomic E-state index is 0.0904. The zero-order valence-corrected chi connectivity index (χ0v) is 13.8. The van der Waals surface area contributed by atoms with Crippen LogP contribution in [0.4, 0.5) is 0 Å². The van der Waals surface area contributed by atoms with Gasteiger partial charge in [-0.25, -0.2) is 4.98 Å². The molecule has 0 spiro atoms. The zero-order chi connectivity index (χ0) is 16.2. The highest BCUT2D eigenvalue weighted by molar-refractivity contribution is 8.00. The van der Waals surface area contributed by atoms with Crippen LogP contribution in [0, 0.1) is 0 Å². The largest absolute Gasteiger partial charge is 0.497 e. The molecule has 3 rings (SSSR count). The van der Waals surface area contributed by atoms with Gasteiger partial charge in [-0.2, -0.15) is 0 Å². The molecule has 0 bridgehead atoms. The molecule has 3 aromatic rings. The van der Waals surface area contributed by atoms with E-state index in [-0.39, 0.29) is 11.0 Å². The van der Waals surface area contributed by atoms with Gasteiger partial charge in [0.25, 0.3) is 0 Å². The second-order valence-corrected chi connectivity index (χ2v) is 6.56. The van der Waals surface area contributed by atoms with Crippen molar-refractivity contribution in [1.29, 1.82) is 0 Å². The first kappa shape index (κ1) is 15.6. The van der Waals surface area contributed by atoms with Crippen molar-refractivity contribution in [3.63, 3.8) is 0 Å². The van der Waals surface area contributed by atoms with Crippen molar-refractivity contribution in [1.82, 2.24) is 4.98 Å². The molecule has 0 saturated heterocycles. The summed E-state index contributed by atoms with van der Waals surface area (Å²) in [5, 5.41) is 1.76. The Morgan fingerprint density at radius 3 is 2.52 bits per heavy atom. The first-order chi connectivity index (χ1) is 11.2. The standard InChI is InChI=1S/C19H17NO2S/c1-13(19(21)15-7-10-16(22-2)11-8-15)23-18-12-9-14-5-3-4-6-17(14)20-18/h3-13H,1-2H3/t13-/m1/s1. The summed E-state index contributed by atoms with van der Waals surface area (Å²) in [6, 6.07) is 19.2. The van der Waals surface area contributed by atoms with E-state index in [0.717, 1.165) is 21.7 Å². The van der Waals surface area contributed by atoms with Crippen LogP contribution in [0.1, 0.15) is 17.3 Å². The lowest BCUT2D eigenvalue weighted by Crippen LogP contribution is -2.13. The van der Waals surface area contributed by atoms with E-state index in [4.69, 9.17) is 4.74 Å². The molecule has 0 amide bonds. The summed E-state index contributed by atoms with van der Waals surface area (Å²) in [7, 11) is 1.61. The predicted molar refractivity (Wildman–Crippen MR) is 94.4 cm³/mol. The van der Waals surface area contributed by atoms with Gasteiger partial charge in [0.05, 0.1) is 22.9 Å². The maximum Gasteiger partial charge on any atom is 0.175 e. The number of rotatable bonds is 5. The average molecular weight is 323 g/mol. The molecular formula is C19H17NO2S. The topological polar surface area (TPSA) is 39.2 Å². The van der Waals surface area contributed by atoms with Crippen molar-refractivity contribution in [2.24, 2.45) is 0 Å². The maximum atomic E-state index is 12.5. The minimum Gasteiger partial charge on any atom is -0.497 e. The van der Waals surface area contributed by atoms with Crippen LogP contribution in [0.5, 0.6) is 5.75 Å². The van der Waals surface area contributed by atoms with Crippen LogP contribution < -0.4 is 4.74 Å². The summed E-state index contributed by atoms with van der Waals surface area (Å²) in [5.41, 5.74) is 1.63. The second-order valence-electron chi connectivity index (χ2n) is 5.20. The van der Waals surface area contributed by atoms with Gasteiger partial charge in [0.2, 0.25) is 0 Å². The van der Waals surface area contributed by atoms with E-state index >= 15 is 0 Å². The average Bonchev–Trinajstić information content (AvgIpc) is 2.61. The van der Waals surface area contributed by atoms with Crippen molar-refractivity contribution in [3.05, 3.63) is 66.2 Å². The van der Waals surface area contributed by atoms with Crippen LogP contribution in [-0.2, 0) is 0 Å². The van der Waals surface area contributed by atoms with Gasteiger partial charge in [0.1, 0.15) is 5.75 Å². The SMILES string of the molecule is COc1ccc(C(=O)[C@@H](C)Sc2ccc3ccccc3n2)cc1. The molecule has 0 fully saturated rings. The maximum absolute atomic E-state index is 12.5. The third-order valence-corrected chi connectivity index (χ3v) is 4.65. The number of Topliss-reactive ketones (excluding diaryl/α,β-unsaturated/α-hetero) is 1. The number of para-hydroxylation sites is 1. The molecule has 0 unspecified atom stereocenters. The van der Waals surface area contributed by atoms with Crippen LogP contribution in [0.15, 0.2) is 65.7 Å². The number of benzene rings is 2. The van der Waals surface area contributed by atoms with Gasteiger partial charge < -0.3 is 4.74 Å². The van der Waals surface area contributed by atoms with E-state index in [1.807, 2.05) is 43.3 Å². The van der Waals surface area contributed by atoms with E-state index in [1.165, 1.54) is 11.8 Å². The molecule has 1 aromatic heterocycles. The molecule has 0 aliphatic rings. The van der Waals surface area contributed by atoms with Gasteiger partial charge in [0, 0.05) is 10.9 Å². The van der Waals surface area contributed by atoms with Crippen molar-refractivity contribution >= 4 is 28.4 Å². The van der Waals surface area contributed by atoms with Gasteiger partial charge in [-0.15, -0.1) is 0 Å². The summed E-state index contributed by atoms with van der Waals surface area (Å²) in [4.78, 5) is 17.1. The number of ketones is 1. The molecule has 0 aliphatic heterocycles. The lowest BCUT2D eigenvalue weighted by Gasteiger charge is -2.10. The number of pyridine rings is 1. The van der Waals surface area contributed by atoms with Crippen molar-refractivity contribution in [3.8, 4) is 5.75 Å². The Balaban J connectivity index is 1.76. The fourth-order valence-corrected chi connectivity index (χ4v) is 3.24. The molecule has 3 nitrogen and oxygen atoms in total. The summed E-state index contributed by atoms with van der Waals surface area (Å²) in [5.74, 6) is 0.839. The molecule has 4 heteroatoms. The smallest absolute Gasteiger partial charge is 0.175 e. The third-order valence-electron chi connectivity index (χ3n) is 3.61. The van der Waals surface area contributed by atoms with Gasteiger partial charge >= 0.3 is 0 Å². The number of nitrogens with zero attached hydrogens (tertiary/aromatic N) is 1. The van der Waals surface area contributed by atoms with Crippen LogP contribution >= 0.6 is 11.8 Å². The number of methoxy groups -OCH3 is 1. The van der Waals surface area contributed by atoms with E-state index in [2.05, 4.69) is 4.98 Å². The van der Waals surface area contributed by atoms with Crippen molar-refractivity contribution in [2.45, 2.75) is 17.2 Å². The Hall–Kier alpha value is -2.33. The van der Waals surface area contributed by atoms with Gasteiger partial charge in [-0.3, -0.25) is 4.79 Å². The highest BCUT2D eigenvalue weighted by Crippen LogP contribution is 2.26. The summed E-state index contributed by atoms with van der Waals surface area (Å²) in [6.07, 6.45) is 0. The number of carbonyl (C=O) groups is 1. The fraction of sp³-hybridized carbons (Fsp3) is 0.158. The molecule has 0 radical (unpaired) electrons. The van der Waals surface area contributed by atoms with Crippen LogP contribution in [0.2, 0.25) is 0 Å². The second kappa shape index (κ2) is 6.84. The summed E-state index contributed by atoms with van der Waals surface area (Å²) in [6.45, 7) is 1.91. The molecule has 0 saturated carbocycles. The quantitative estimate of drug-likeness (QED) is 0.508. The normalized spacial score (nSPS) is 12.1. The number of fused-ring (bicyclic) bond motifs is 1. The summed E-state index contributed by atoms with van der Waals surface area (Å²) < 4.78 is 5.12. The Labute approximate surface area is 139 Å². The number of hydrogen-bond acceptors (Lipinski definition) is 4. The lowest BCUT2D eigenvalue weighted by atomic mass is 10.1. The number of ether oxygens (including phenoxy) is 1. The molecule has 116 valence electrons. The minimum atomic E-state index is -0.197. The Morgan fingerprint density at radius 2 is 1.78 bits per heavy atom. The molecule has 2 aromatic carbocycles. The predicted octanol–water partition coefficient (Wildman–Crippen LogP) is 4.61. The van der Waals surface area contributed by atoms with E-state index in [1.54, 1.807) is 31.4 Å². The van der Waals surface area contributed by atoms with E-state index in [0.29, 0.717) is 5.56 Å². The van der Waals surface area contributed by atoms with Crippen molar-refractivity contribution in [2.75, 3.05) is 7.11 Å². The number of hydrogen-bond donors (Lipinski definition) is 0. The fourth-order valence-electron chi connectivity index (χ4n) is 2.34. The van der Waals surface area contributed by atoms with E-state index in [9.17, 15) is 4.79 Å². The molecule has 0 N–H and O–H groups in total. The number of carbonyl (C=O) groups excluding carboxylic acids is 1. The Morgan fingerprint density at radius 1 is 1.04 bits per heavy atom. The van der Waals surface area contributed by atoms with Gasteiger partial charge in [-0.05, 0) is 43.3 Å². The third kappa shape index (κ3) is 3.54. The Kier molecular flexibility index (Phi) is 4.63. The van der Waals surface area contributed by atoms with Crippen molar-refractivity contribution < 1.29 is 9.53 Å². The van der Waals surface area contributed by atoms with Crippen LogP contribution in [0.3, 0.4) is 0 Å². The zero-order valence-electron chi connectivity index (χ0n) is 13.0. The first-order valence-corrected chi connectivity index (χ1v) is 8.26. The molecule has 23 heavy (non-hydrogen) atoms. The Bertz CT molecular complexity index is 830. The first-order valence-electron chi connectivity index (χ1n) is 7.38. The monoisotopic (exact) mass is 323 g/mol. The number of aromatic nitrogens is 1. The molecule has 0 aliphatic carbocycles. The molecule has 1 atom stereocenters. The van der Waals surface area contributed by atoms with E-state index < -0.39 is 0 Å². The number of thioether (sulfide) groups is 1. The lowest BCUT2D eigenvalue weighted by molar-refractivity contribution is 0.0994. The highest BCUT2D eigenvalue weighted by Gasteiger charge is 2.17. The van der Waals surface area contributed by atoms with Gasteiger partial charge in [0.15, 0.2) is 5.78 Å². The summed E-state index contributed by atoms with van der Waals surface area (Å²) >= 11 is 1.48. The van der Waals surface area contributed by atoms with Crippen LogP contribution in [-0.4, -0.2) is 23.1 Å². The van der Waals surface area contributed by atoms with Crippen LogP contribution in [0.25, 0.3) is 10.9 Å². The molecular weight excluding hydrogens is 306 g/mol. The highest BCUT2D eigenvalue weighted by atomic mass is 32.2. The van der Waals surface area contributed by atoms with Gasteiger partial charge in [-0.1, -0.05) is 36.0 Å². The molecule has 1 heterocycles.